The summed E-state index contributed by atoms with van der Waals surface area (Å²) in [5, 5.41) is 10.1. The topological polar surface area (TPSA) is 20.2 Å². The summed E-state index contributed by atoms with van der Waals surface area (Å²) >= 11 is 0. The van der Waals surface area contributed by atoms with Crippen molar-refractivity contribution < 1.29 is 5.11 Å². The van der Waals surface area contributed by atoms with Gasteiger partial charge in [0.1, 0.15) is 0 Å². The lowest BCUT2D eigenvalue weighted by Gasteiger charge is -2.45. The Bertz CT molecular complexity index is 704. The highest BCUT2D eigenvalue weighted by Crippen LogP contribution is 2.61. The van der Waals surface area contributed by atoms with Gasteiger partial charge in [-0.25, -0.2) is 0 Å². The first kappa shape index (κ1) is 20.5. The van der Waals surface area contributed by atoms with E-state index in [4.69, 9.17) is 0 Å². The van der Waals surface area contributed by atoms with E-state index in [1.54, 1.807) is 16.7 Å². The third-order valence-corrected chi connectivity index (χ3v) is 9.35. The predicted molar refractivity (Wildman–Crippen MR) is 119 cm³/mol. The minimum atomic E-state index is -0.121. The monoisotopic (exact) mass is 382 g/mol. The SMILES string of the molecule is CC(C)[C@@H](C)CC[C@@H](C)[C@H]1CC[C@H]2c3ccc4c(c3CC[C@]12C)CC[C@H](O)C4. The highest BCUT2D eigenvalue weighted by molar-refractivity contribution is 5.47. The van der Waals surface area contributed by atoms with Crippen LogP contribution in [0.25, 0.3) is 0 Å². The van der Waals surface area contributed by atoms with Gasteiger partial charge in [0.15, 0.2) is 0 Å². The van der Waals surface area contributed by atoms with Gasteiger partial charge in [0.25, 0.3) is 0 Å². The Balaban J connectivity index is 1.54. The van der Waals surface area contributed by atoms with Gasteiger partial charge in [-0.05, 0) is 102 Å². The van der Waals surface area contributed by atoms with E-state index in [1.807, 2.05) is 0 Å². The molecule has 4 rings (SSSR count). The standard InChI is InChI=1S/C27H42O/c1-17(2)18(3)6-7-19(4)25-12-13-26-24-10-8-20-16-21(28)9-11-22(20)23(24)14-15-27(25,26)5/h8,10,17-19,21,25-26,28H,6-7,9,11-16H2,1-5H3/t18-,19+,21-,25+,26-,27+/m0/s1. The second kappa shape index (κ2) is 7.78. The molecule has 0 radical (unpaired) electrons. The van der Waals surface area contributed by atoms with Crippen LogP contribution in [0.1, 0.15) is 101 Å². The average Bonchev–Trinajstić information content (AvgIpc) is 3.02. The number of hydrogen-bond acceptors (Lipinski definition) is 1. The van der Waals surface area contributed by atoms with Crippen LogP contribution in [0, 0.1) is 29.1 Å². The van der Waals surface area contributed by atoms with Crippen molar-refractivity contribution in [2.45, 2.75) is 104 Å². The van der Waals surface area contributed by atoms with Crippen molar-refractivity contribution in [1.82, 2.24) is 0 Å². The molecule has 0 aliphatic heterocycles. The third-order valence-electron chi connectivity index (χ3n) is 9.35. The van der Waals surface area contributed by atoms with Crippen LogP contribution in [0.5, 0.6) is 0 Å². The summed E-state index contributed by atoms with van der Waals surface area (Å²) in [6, 6.07) is 4.82. The molecule has 0 amide bonds. The van der Waals surface area contributed by atoms with Gasteiger partial charge < -0.3 is 5.11 Å². The van der Waals surface area contributed by atoms with E-state index in [0.717, 1.165) is 48.9 Å². The summed E-state index contributed by atoms with van der Waals surface area (Å²) in [5.41, 5.74) is 6.93. The fraction of sp³-hybridized carbons (Fsp3) is 0.778. The van der Waals surface area contributed by atoms with Crippen molar-refractivity contribution in [3.63, 3.8) is 0 Å². The summed E-state index contributed by atoms with van der Waals surface area (Å²) in [4.78, 5) is 0. The molecule has 156 valence electrons. The smallest absolute Gasteiger partial charge is 0.0583 e. The molecule has 3 aliphatic carbocycles. The fourth-order valence-corrected chi connectivity index (χ4v) is 7.07. The zero-order valence-electron chi connectivity index (χ0n) is 18.9. The summed E-state index contributed by atoms with van der Waals surface area (Å²) in [5.74, 6) is 4.17. The van der Waals surface area contributed by atoms with Gasteiger partial charge in [-0.1, -0.05) is 59.6 Å². The summed E-state index contributed by atoms with van der Waals surface area (Å²) in [6.45, 7) is 12.4. The van der Waals surface area contributed by atoms with Crippen LogP contribution in [0.3, 0.4) is 0 Å². The number of benzene rings is 1. The molecule has 28 heavy (non-hydrogen) atoms. The van der Waals surface area contributed by atoms with Crippen LogP contribution in [-0.4, -0.2) is 11.2 Å². The Kier molecular flexibility index (Phi) is 5.69. The zero-order chi connectivity index (χ0) is 20.1. The van der Waals surface area contributed by atoms with Crippen LogP contribution in [0.2, 0.25) is 0 Å². The quantitative estimate of drug-likeness (QED) is 0.601. The lowest BCUT2D eigenvalue weighted by atomic mass is 9.59. The molecule has 1 saturated carbocycles. The van der Waals surface area contributed by atoms with Crippen LogP contribution in [0.4, 0.5) is 0 Å². The minimum absolute atomic E-state index is 0.121. The molecular formula is C27H42O. The highest BCUT2D eigenvalue weighted by Gasteiger charge is 2.51. The van der Waals surface area contributed by atoms with Crippen LogP contribution in [-0.2, 0) is 19.3 Å². The van der Waals surface area contributed by atoms with E-state index >= 15 is 0 Å². The number of aliphatic hydroxyl groups excluding tert-OH is 1. The van der Waals surface area contributed by atoms with Crippen molar-refractivity contribution in [3.05, 3.63) is 34.4 Å². The van der Waals surface area contributed by atoms with Gasteiger partial charge in [-0.3, -0.25) is 0 Å². The second-order valence-corrected chi connectivity index (χ2v) is 11.2. The molecule has 0 saturated heterocycles. The fourth-order valence-electron chi connectivity index (χ4n) is 7.07. The molecule has 0 unspecified atom stereocenters. The maximum Gasteiger partial charge on any atom is 0.0583 e. The first-order valence-corrected chi connectivity index (χ1v) is 12.1. The maximum absolute atomic E-state index is 10.1. The van der Waals surface area contributed by atoms with Gasteiger partial charge in [0.05, 0.1) is 6.10 Å². The van der Waals surface area contributed by atoms with E-state index in [2.05, 4.69) is 46.8 Å². The third kappa shape index (κ3) is 3.47. The van der Waals surface area contributed by atoms with Crippen LogP contribution >= 0.6 is 0 Å². The number of aliphatic hydroxyl groups is 1. The second-order valence-electron chi connectivity index (χ2n) is 11.2. The number of hydrogen-bond donors (Lipinski definition) is 1. The normalized spacial score (nSPS) is 33.9. The highest BCUT2D eigenvalue weighted by atomic mass is 16.3. The lowest BCUT2D eigenvalue weighted by molar-refractivity contribution is 0.115. The van der Waals surface area contributed by atoms with Gasteiger partial charge in [0.2, 0.25) is 0 Å². The van der Waals surface area contributed by atoms with Gasteiger partial charge in [-0.2, -0.15) is 0 Å². The van der Waals surface area contributed by atoms with Crippen molar-refractivity contribution in [3.8, 4) is 0 Å². The van der Waals surface area contributed by atoms with Crippen molar-refractivity contribution in [2.24, 2.45) is 29.1 Å². The van der Waals surface area contributed by atoms with Gasteiger partial charge >= 0.3 is 0 Å². The number of fused-ring (bicyclic) bond motifs is 5. The van der Waals surface area contributed by atoms with Gasteiger partial charge in [0, 0.05) is 0 Å². The molecular weight excluding hydrogens is 340 g/mol. The molecule has 0 bridgehead atoms. The van der Waals surface area contributed by atoms with Crippen LogP contribution in [0.15, 0.2) is 12.1 Å². The van der Waals surface area contributed by atoms with E-state index in [-0.39, 0.29) is 6.10 Å². The van der Waals surface area contributed by atoms with E-state index < -0.39 is 0 Å². The van der Waals surface area contributed by atoms with Gasteiger partial charge in [-0.15, -0.1) is 0 Å². The van der Waals surface area contributed by atoms with E-state index in [9.17, 15) is 5.11 Å². The molecule has 0 aromatic heterocycles. The summed E-state index contributed by atoms with van der Waals surface area (Å²) in [7, 11) is 0. The molecule has 1 fully saturated rings. The predicted octanol–water partition coefficient (Wildman–Crippen LogP) is 6.69. The molecule has 3 aliphatic rings. The Morgan fingerprint density at radius 1 is 1.00 bits per heavy atom. The summed E-state index contributed by atoms with van der Waals surface area (Å²) < 4.78 is 0. The molecule has 0 spiro atoms. The first-order valence-electron chi connectivity index (χ1n) is 12.1. The first-order chi connectivity index (χ1) is 13.3. The van der Waals surface area contributed by atoms with E-state index in [1.165, 1.54) is 44.1 Å². The Hall–Kier alpha value is -0.820. The van der Waals surface area contributed by atoms with Crippen molar-refractivity contribution in [1.29, 1.82) is 0 Å². The zero-order valence-corrected chi connectivity index (χ0v) is 18.9. The van der Waals surface area contributed by atoms with Crippen molar-refractivity contribution in [2.75, 3.05) is 0 Å². The molecule has 6 atom stereocenters. The molecule has 1 N–H and O–H groups in total. The summed E-state index contributed by atoms with van der Waals surface area (Å²) in [6.07, 6.45) is 11.1. The maximum atomic E-state index is 10.1. The molecule has 1 heteroatoms. The number of rotatable bonds is 5. The largest absolute Gasteiger partial charge is 0.393 e. The average molecular weight is 383 g/mol. The molecule has 1 aromatic carbocycles. The Morgan fingerprint density at radius 2 is 1.79 bits per heavy atom. The molecule has 1 nitrogen and oxygen atoms in total. The van der Waals surface area contributed by atoms with Crippen molar-refractivity contribution >= 4 is 0 Å². The minimum Gasteiger partial charge on any atom is -0.393 e. The van der Waals surface area contributed by atoms with Crippen LogP contribution < -0.4 is 0 Å². The molecule has 0 heterocycles. The molecule has 1 aromatic rings. The lowest BCUT2D eigenvalue weighted by Crippen LogP contribution is -2.36. The Morgan fingerprint density at radius 3 is 2.54 bits per heavy atom. The Labute approximate surface area is 173 Å². The van der Waals surface area contributed by atoms with E-state index in [0.29, 0.717) is 5.41 Å².